The van der Waals surface area contributed by atoms with Crippen LogP contribution in [0.5, 0.6) is 17.2 Å². The number of rotatable bonds is 7. The molecule has 1 heterocycles. The maximum atomic E-state index is 12.5. The van der Waals surface area contributed by atoms with Gasteiger partial charge in [-0.25, -0.2) is 4.79 Å². The van der Waals surface area contributed by atoms with Crippen LogP contribution in [0.4, 0.5) is 10.5 Å². The summed E-state index contributed by atoms with van der Waals surface area (Å²) in [6, 6.07) is 14.7. The summed E-state index contributed by atoms with van der Waals surface area (Å²) in [5.41, 5.74) is 0.715. The van der Waals surface area contributed by atoms with E-state index in [1.165, 1.54) is 0 Å². The van der Waals surface area contributed by atoms with Crippen LogP contribution in [0.3, 0.4) is 0 Å². The number of anilines is 1. The highest BCUT2D eigenvalue weighted by Crippen LogP contribution is 2.26. The highest BCUT2D eigenvalue weighted by Gasteiger charge is 2.27. The fraction of sp³-hybridized carbons (Fsp3) is 0.391. The highest BCUT2D eigenvalue weighted by atomic mass is 16.6. The van der Waals surface area contributed by atoms with Crippen LogP contribution in [0.1, 0.15) is 26.7 Å². The average Bonchev–Trinajstić information content (AvgIpc) is 2.77. The monoisotopic (exact) mass is 412 g/mol. The van der Waals surface area contributed by atoms with Gasteiger partial charge in [0.25, 0.3) is 0 Å². The minimum absolute atomic E-state index is 0.0290. The molecule has 7 nitrogen and oxygen atoms in total. The van der Waals surface area contributed by atoms with Crippen molar-refractivity contribution in [1.82, 2.24) is 4.90 Å². The van der Waals surface area contributed by atoms with E-state index in [0.29, 0.717) is 56.3 Å². The molecule has 1 N–H and O–H groups in total. The first-order valence-corrected chi connectivity index (χ1v) is 10.3. The zero-order valence-electron chi connectivity index (χ0n) is 17.4. The van der Waals surface area contributed by atoms with Crippen molar-refractivity contribution in [2.75, 3.05) is 31.6 Å². The van der Waals surface area contributed by atoms with Crippen molar-refractivity contribution in [3.8, 4) is 17.2 Å². The predicted octanol–water partition coefficient (Wildman–Crippen LogP) is 4.68. The lowest BCUT2D eigenvalue weighted by Crippen LogP contribution is -2.41. The Kier molecular flexibility index (Phi) is 7.54. The number of amides is 2. The van der Waals surface area contributed by atoms with Crippen LogP contribution in [-0.4, -0.2) is 43.2 Å². The second-order valence-electron chi connectivity index (χ2n) is 6.98. The Morgan fingerprint density at radius 1 is 0.900 bits per heavy atom. The molecule has 0 spiro atoms. The van der Waals surface area contributed by atoms with Crippen LogP contribution in [0.15, 0.2) is 48.5 Å². The predicted molar refractivity (Wildman–Crippen MR) is 114 cm³/mol. The van der Waals surface area contributed by atoms with E-state index < -0.39 is 0 Å². The molecule has 0 bridgehead atoms. The normalized spacial score (nSPS) is 14.1. The zero-order chi connectivity index (χ0) is 21.3. The van der Waals surface area contributed by atoms with Crippen molar-refractivity contribution >= 4 is 17.7 Å². The molecule has 0 aliphatic carbocycles. The first kappa shape index (κ1) is 21.5. The molecule has 0 aromatic heterocycles. The SMILES string of the molecule is CCOC(=O)N1CCC(C(=O)Nc2ccc(Oc3ccc(OCC)cc3)cc2)CC1. The highest BCUT2D eigenvalue weighted by molar-refractivity contribution is 5.92. The van der Waals surface area contributed by atoms with Gasteiger partial charge < -0.3 is 24.4 Å². The summed E-state index contributed by atoms with van der Waals surface area (Å²) in [7, 11) is 0. The molecule has 7 heteroatoms. The molecule has 30 heavy (non-hydrogen) atoms. The molecule has 0 saturated carbocycles. The summed E-state index contributed by atoms with van der Waals surface area (Å²) in [5.74, 6) is 2.05. The standard InChI is InChI=1S/C23H28N2O5/c1-3-28-19-9-11-21(12-10-19)30-20-7-5-18(6-8-20)24-22(26)17-13-15-25(16-14-17)23(27)29-4-2/h5-12,17H,3-4,13-16H2,1-2H3,(H,24,26). The molecule has 1 fully saturated rings. The van der Waals surface area contributed by atoms with E-state index in [2.05, 4.69) is 5.32 Å². The topological polar surface area (TPSA) is 77.1 Å². The quantitative estimate of drug-likeness (QED) is 0.714. The second kappa shape index (κ2) is 10.5. The number of nitrogens with one attached hydrogen (secondary N) is 1. The van der Waals surface area contributed by atoms with E-state index in [1.54, 1.807) is 11.8 Å². The van der Waals surface area contributed by atoms with Crippen LogP contribution in [-0.2, 0) is 9.53 Å². The third-order valence-corrected chi connectivity index (χ3v) is 4.88. The summed E-state index contributed by atoms with van der Waals surface area (Å²) in [6.45, 7) is 5.77. The fourth-order valence-electron chi connectivity index (χ4n) is 3.30. The van der Waals surface area contributed by atoms with Crippen molar-refractivity contribution in [2.24, 2.45) is 5.92 Å². The molecule has 160 valence electrons. The molecule has 0 radical (unpaired) electrons. The smallest absolute Gasteiger partial charge is 0.409 e. The summed E-state index contributed by atoms with van der Waals surface area (Å²) < 4.78 is 16.3. The third kappa shape index (κ3) is 5.89. The largest absolute Gasteiger partial charge is 0.494 e. The molecule has 1 saturated heterocycles. The van der Waals surface area contributed by atoms with Gasteiger partial charge in [0.05, 0.1) is 13.2 Å². The van der Waals surface area contributed by atoms with Gasteiger partial charge >= 0.3 is 6.09 Å². The van der Waals surface area contributed by atoms with E-state index >= 15 is 0 Å². The summed E-state index contributed by atoms with van der Waals surface area (Å²) >= 11 is 0. The van der Waals surface area contributed by atoms with Gasteiger partial charge in [0.15, 0.2) is 0 Å². The Bertz CT molecular complexity index is 828. The second-order valence-corrected chi connectivity index (χ2v) is 6.98. The molecule has 3 rings (SSSR count). The third-order valence-electron chi connectivity index (χ3n) is 4.88. The van der Waals surface area contributed by atoms with E-state index in [1.807, 2.05) is 55.5 Å². The van der Waals surface area contributed by atoms with Crippen LogP contribution < -0.4 is 14.8 Å². The van der Waals surface area contributed by atoms with E-state index in [4.69, 9.17) is 14.2 Å². The molecule has 1 aliphatic heterocycles. The Morgan fingerprint density at radius 3 is 2.03 bits per heavy atom. The summed E-state index contributed by atoms with van der Waals surface area (Å²) in [6.07, 6.45) is 0.951. The Labute approximate surface area is 176 Å². The minimum atomic E-state index is -0.306. The molecule has 2 aromatic carbocycles. The number of benzene rings is 2. The first-order chi connectivity index (χ1) is 14.6. The number of carbonyl (C=O) groups excluding carboxylic acids is 2. The van der Waals surface area contributed by atoms with Gasteiger partial charge in [0, 0.05) is 24.7 Å². The van der Waals surface area contributed by atoms with Gasteiger partial charge in [0.1, 0.15) is 17.2 Å². The van der Waals surface area contributed by atoms with Crippen molar-refractivity contribution in [3.63, 3.8) is 0 Å². The zero-order valence-corrected chi connectivity index (χ0v) is 17.4. The van der Waals surface area contributed by atoms with Gasteiger partial charge in [-0.3, -0.25) is 4.79 Å². The van der Waals surface area contributed by atoms with Crippen molar-refractivity contribution < 1.29 is 23.8 Å². The lowest BCUT2D eigenvalue weighted by atomic mass is 9.96. The Balaban J connectivity index is 1.48. The van der Waals surface area contributed by atoms with E-state index in [9.17, 15) is 9.59 Å². The van der Waals surface area contributed by atoms with Crippen molar-refractivity contribution in [2.45, 2.75) is 26.7 Å². The maximum absolute atomic E-state index is 12.5. The maximum Gasteiger partial charge on any atom is 0.409 e. The number of carbonyl (C=O) groups is 2. The van der Waals surface area contributed by atoms with Gasteiger partial charge in [-0.1, -0.05) is 0 Å². The number of piperidine rings is 1. The molecular weight excluding hydrogens is 384 g/mol. The van der Waals surface area contributed by atoms with Gasteiger partial charge in [-0.2, -0.15) is 0 Å². The summed E-state index contributed by atoms with van der Waals surface area (Å²) in [4.78, 5) is 26.0. The Hall–Kier alpha value is -3.22. The lowest BCUT2D eigenvalue weighted by Gasteiger charge is -2.30. The molecular formula is C23H28N2O5. The number of hydrogen-bond acceptors (Lipinski definition) is 5. The van der Waals surface area contributed by atoms with E-state index in [-0.39, 0.29) is 17.9 Å². The van der Waals surface area contributed by atoms with Gasteiger partial charge in [-0.05, 0) is 75.2 Å². The van der Waals surface area contributed by atoms with Crippen molar-refractivity contribution in [3.05, 3.63) is 48.5 Å². The van der Waals surface area contributed by atoms with Crippen LogP contribution in [0, 0.1) is 5.92 Å². The molecule has 2 amide bonds. The number of nitrogens with zero attached hydrogens (tertiary/aromatic N) is 1. The Morgan fingerprint density at radius 2 is 1.47 bits per heavy atom. The van der Waals surface area contributed by atoms with Crippen LogP contribution in [0.2, 0.25) is 0 Å². The number of hydrogen-bond donors (Lipinski definition) is 1. The van der Waals surface area contributed by atoms with Crippen LogP contribution in [0.25, 0.3) is 0 Å². The summed E-state index contributed by atoms with van der Waals surface area (Å²) in [5, 5.41) is 2.95. The average molecular weight is 412 g/mol. The number of likely N-dealkylation sites (tertiary alicyclic amines) is 1. The van der Waals surface area contributed by atoms with Crippen molar-refractivity contribution in [1.29, 1.82) is 0 Å². The lowest BCUT2D eigenvalue weighted by molar-refractivity contribution is -0.121. The fourth-order valence-corrected chi connectivity index (χ4v) is 3.30. The van der Waals surface area contributed by atoms with Crippen LogP contribution >= 0.6 is 0 Å². The first-order valence-electron chi connectivity index (χ1n) is 10.3. The van der Waals surface area contributed by atoms with Gasteiger partial charge in [-0.15, -0.1) is 0 Å². The van der Waals surface area contributed by atoms with Gasteiger partial charge in [0.2, 0.25) is 5.91 Å². The molecule has 1 aliphatic rings. The number of ether oxygens (including phenoxy) is 3. The molecule has 0 atom stereocenters. The van der Waals surface area contributed by atoms with E-state index in [0.717, 1.165) is 5.75 Å². The molecule has 0 unspecified atom stereocenters. The minimum Gasteiger partial charge on any atom is -0.494 e. The molecule has 2 aromatic rings.